The van der Waals surface area contributed by atoms with Gasteiger partial charge in [-0.3, -0.25) is 9.59 Å². The average Bonchev–Trinajstić information content (AvgIpc) is 2.20. The molecule has 0 aromatic carbocycles. The summed E-state index contributed by atoms with van der Waals surface area (Å²) in [6.45, 7) is 8.10. The molecule has 0 heterocycles. The van der Waals surface area contributed by atoms with Crippen LogP contribution < -0.4 is 0 Å². The molecule has 0 radical (unpaired) electrons. The van der Waals surface area contributed by atoms with Crippen molar-refractivity contribution in [2.45, 2.75) is 65.9 Å². The lowest BCUT2D eigenvalue weighted by atomic mass is 9.53. The van der Waals surface area contributed by atoms with Gasteiger partial charge in [-0.1, -0.05) is 20.8 Å². The molecule has 2 saturated carbocycles. The summed E-state index contributed by atoms with van der Waals surface area (Å²) in [6, 6.07) is 0. The number of rotatable bonds is 1. The quantitative estimate of drug-likeness (QED) is 0.673. The summed E-state index contributed by atoms with van der Waals surface area (Å²) in [5.41, 5.74) is 0.150. The molecule has 2 fully saturated rings. The second kappa shape index (κ2) is 4.36. The summed E-state index contributed by atoms with van der Waals surface area (Å²) in [4.78, 5) is 23.0. The lowest BCUT2D eigenvalue weighted by Crippen LogP contribution is -2.52. The van der Waals surface area contributed by atoms with Gasteiger partial charge in [0.15, 0.2) is 0 Å². The molecule has 18 heavy (non-hydrogen) atoms. The second-order valence-corrected chi connectivity index (χ2v) is 7.12. The predicted octanol–water partition coefficient (Wildman–Crippen LogP) is 3.11. The van der Waals surface area contributed by atoms with Crippen LogP contribution in [-0.2, 0) is 14.3 Å². The van der Waals surface area contributed by atoms with Crippen molar-refractivity contribution in [3.8, 4) is 0 Å². The lowest BCUT2D eigenvalue weighted by Gasteiger charge is -2.53. The van der Waals surface area contributed by atoms with E-state index in [0.29, 0.717) is 24.5 Å². The molecule has 3 unspecified atom stereocenters. The third-order valence-electron chi connectivity index (χ3n) is 4.93. The van der Waals surface area contributed by atoms with Gasteiger partial charge in [0.25, 0.3) is 0 Å². The first kappa shape index (κ1) is 13.6. The van der Waals surface area contributed by atoms with Gasteiger partial charge in [0.05, 0.1) is 0 Å². The zero-order valence-corrected chi connectivity index (χ0v) is 11.9. The van der Waals surface area contributed by atoms with Crippen LogP contribution in [-0.4, -0.2) is 17.9 Å². The maximum Gasteiger partial charge on any atom is 0.302 e. The zero-order chi connectivity index (χ0) is 13.6. The molecule has 102 valence electrons. The number of hydrogen-bond acceptors (Lipinski definition) is 3. The Balaban J connectivity index is 2.26. The first-order valence-electron chi connectivity index (χ1n) is 6.92. The number of hydrogen-bond donors (Lipinski definition) is 0. The van der Waals surface area contributed by atoms with E-state index in [9.17, 15) is 9.59 Å². The normalized spacial score (nSPS) is 39.0. The van der Waals surface area contributed by atoms with E-state index in [2.05, 4.69) is 20.8 Å². The van der Waals surface area contributed by atoms with Crippen LogP contribution >= 0.6 is 0 Å². The van der Waals surface area contributed by atoms with Crippen molar-refractivity contribution in [1.82, 2.24) is 0 Å². The number of Topliss-reactive ketones (excluding diaryl/α,β-unsaturated/α-hetero) is 1. The van der Waals surface area contributed by atoms with E-state index in [1.165, 1.54) is 6.92 Å². The van der Waals surface area contributed by atoms with E-state index in [1.807, 2.05) is 0 Å². The molecule has 0 saturated heterocycles. The van der Waals surface area contributed by atoms with Gasteiger partial charge >= 0.3 is 5.97 Å². The van der Waals surface area contributed by atoms with Crippen LogP contribution in [0.5, 0.6) is 0 Å². The highest BCUT2D eigenvalue weighted by atomic mass is 16.5. The summed E-state index contributed by atoms with van der Waals surface area (Å²) in [7, 11) is 0. The third-order valence-corrected chi connectivity index (χ3v) is 4.93. The molecular formula is C15H24O3. The topological polar surface area (TPSA) is 43.4 Å². The standard InChI is InChI=1S/C15H24O3/c1-10(16)18-13-9-14(2,3)8-11-7-12(17)5-6-15(11,13)4/h11,13H,5-9H2,1-4H3. The van der Waals surface area contributed by atoms with Crippen molar-refractivity contribution in [2.24, 2.45) is 16.7 Å². The van der Waals surface area contributed by atoms with E-state index in [1.54, 1.807) is 0 Å². The Hall–Kier alpha value is -0.860. The maximum atomic E-state index is 11.7. The molecule has 0 spiro atoms. The molecule has 0 amide bonds. The number of esters is 1. The minimum atomic E-state index is -0.199. The molecule has 0 aromatic rings. The average molecular weight is 252 g/mol. The number of carbonyl (C=O) groups is 2. The van der Waals surface area contributed by atoms with E-state index in [-0.39, 0.29) is 22.9 Å². The molecule has 2 aliphatic carbocycles. The third kappa shape index (κ3) is 2.45. The molecule has 3 heteroatoms. The van der Waals surface area contributed by atoms with Crippen LogP contribution in [0.3, 0.4) is 0 Å². The lowest BCUT2D eigenvalue weighted by molar-refractivity contribution is -0.172. The van der Waals surface area contributed by atoms with Crippen molar-refractivity contribution in [3.63, 3.8) is 0 Å². The minimum Gasteiger partial charge on any atom is -0.462 e. The van der Waals surface area contributed by atoms with Gasteiger partial charge in [-0.25, -0.2) is 0 Å². The minimum absolute atomic E-state index is 0.00486. The van der Waals surface area contributed by atoms with Crippen molar-refractivity contribution in [3.05, 3.63) is 0 Å². The molecule has 0 N–H and O–H groups in total. The first-order valence-corrected chi connectivity index (χ1v) is 6.92. The maximum absolute atomic E-state index is 11.7. The van der Waals surface area contributed by atoms with Crippen LogP contribution in [0.4, 0.5) is 0 Å². The van der Waals surface area contributed by atoms with Crippen molar-refractivity contribution in [2.75, 3.05) is 0 Å². The fraction of sp³-hybridized carbons (Fsp3) is 0.867. The highest BCUT2D eigenvalue weighted by Gasteiger charge is 2.53. The highest BCUT2D eigenvalue weighted by molar-refractivity contribution is 5.79. The number of carbonyl (C=O) groups excluding carboxylic acids is 2. The molecule has 0 bridgehead atoms. The van der Waals surface area contributed by atoms with Gasteiger partial charge in [0.1, 0.15) is 11.9 Å². The van der Waals surface area contributed by atoms with E-state index < -0.39 is 0 Å². The number of ether oxygens (including phenoxy) is 1. The molecule has 0 aliphatic heterocycles. The van der Waals surface area contributed by atoms with Crippen molar-refractivity contribution >= 4 is 11.8 Å². The summed E-state index contributed by atoms with van der Waals surface area (Å²) >= 11 is 0. The summed E-state index contributed by atoms with van der Waals surface area (Å²) < 4.78 is 5.58. The highest BCUT2D eigenvalue weighted by Crippen LogP contribution is 2.55. The smallest absolute Gasteiger partial charge is 0.302 e. The summed E-state index contributed by atoms with van der Waals surface area (Å²) in [5, 5.41) is 0. The van der Waals surface area contributed by atoms with Gasteiger partial charge in [-0.2, -0.15) is 0 Å². The molecular weight excluding hydrogens is 228 g/mol. The largest absolute Gasteiger partial charge is 0.462 e. The Bertz CT molecular complexity index is 372. The first-order chi connectivity index (χ1) is 8.23. The van der Waals surface area contributed by atoms with E-state index >= 15 is 0 Å². The molecule has 3 nitrogen and oxygen atoms in total. The van der Waals surface area contributed by atoms with Gasteiger partial charge in [0.2, 0.25) is 0 Å². The van der Waals surface area contributed by atoms with Gasteiger partial charge in [0, 0.05) is 25.2 Å². The van der Waals surface area contributed by atoms with Gasteiger partial charge in [-0.05, 0) is 30.6 Å². The van der Waals surface area contributed by atoms with Gasteiger partial charge in [-0.15, -0.1) is 0 Å². The van der Waals surface area contributed by atoms with Crippen molar-refractivity contribution in [1.29, 1.82) is 0 Å². The van der Waals surface area contributed by atoms with Crippen LogP contribution in [0, 0.1) is 16.7 Å². The molecule has 0 aromatic heterocycles. The Morgan fingerprint density at radius 2 is 1.94 bits per heavy atom. The van der Waals surface area contributed by atoms with Gasteiger partial charge < -0.3 is 4.74 Å². The Labute approximate surface area is 109 Å². The van der Waals surface area contributed by atoms with Crippen LogP contribution in [0.15, 0.2) is 0 Å². The van der Waals surface area contributed by atoms with Crippen LogP contribution in [0.2, 0.25) is 0 Å². The van der Waals surface area contributed by atoms with Crippen LogP contribution in [0.25, 0.3) is 0 Å². The molecule has 3 atom stereocenters. The number of fused-ring (bicyclic) bond motifs is 1. The van der Waals surface area contributed by atoms with E-state index in [4.69, 9.17) is 4.74 Å². The Kier molecular flexibility index (Phi) is 3.28. The molecule has 2 rings (SSSR count). The summed E-state index contributed by atoms with van der Waals surface area (Å²) in [6.07, 6.45) is 4.12. The Morgan fingerprint density at radius 1 is 1.28 bits per heavy atom. The zero-order valence-electron chi connectivity index (χ0n) is 11.9. The van der Waals surface area contributed by atoms with Crippen molar-refractivity contribution < 1.29 is 14.3 Å². The summed E-state index contributed by atoms with van der Waals surface area (Å²) in [5.74, 6) is 0.540. The number of ketones is 1. The predicted molar refractivity (Wildman–Crippen MR) is 69.0 cm³/mol. The Morgan fingerprint density at radius 3 is 2.56 bits per heavy atom. The molecule has 2 aliphatic rings. The fourth-order valence-electron chi connectivity index (χ4n) is 3.81. The monoisotopic (exact) mass is 252 g/mol. The second-order valence-electron chi connectivity index (χ2n) is 7.12. The SMILES string of the molecule is CC(=O)OC1CC(C)(C)CC2CC(=O)CCC21C. The van der Waals surface area contributed by atoms with E-state index in [0.717, 1.165) is 19.3 Å². The fourth-order valence-corrected chi connectivity index (χ4v) is 3.81. The van der Waals surface area contributed by atoms with Crippen LogP contribution in [0.1, 0.15) is 59.8 Å².